The predicted molar refractivity (Wildman–Crippen MR) is 129 cm³/mol. The van der Waals surface area contributed by atoms with Gasteiger partial charge in [-0.2, -0.15) is 0 Å². The zero-order valence-corrected chi connectivity index (χ0v) is 20.5. The van der Waals surface area contributed by atoms with Gasteiger partial charge >= 0.3 is 0 Å². The normalized spacial score (nSPS) is 19.9. The molecule has 0 radical (unpaired) electrons. The van der Waals surface area contributed by atoms with Crippen LogP contribution in [0.5, 0.6) is 5.75 Å². The van der Waals surface area contributed by atoms with Gasteiger partial charge in [0.05, 0.1) is 13.2 Å². The minimum Gasteiger partial charge on any atom is -0.484 e. The second-order valence-corrected chi connectivity index (χ2v) is 7.66. The molecule has 1 atom stereocenters. The Kier molecular flexibility index (Phi) is 10.1. The highest BCUT2D eigenvalue weighted by atomic mass is 127. The van der Waals surface area contributed by atoms with Crippen LogP contribution in [0.1, 0.15) is 12.0 Å². The van der Waals surface area contributed by atoms with E-state index in [9.17, 15) is 4.79 Å². The quantitative estimate of drug-likeness (QED) is 0.339. The van der Waals surface area contributed by atoms with Gasteiger partial charge in [-0.25, -0.2) is 0 Å². The van der Waals surface area contributed by atoms with Crippen molar-refractivity contribution in [2.75, 3.05) is 67.1 Å². The van der Waals surface area contributed by atoms with Crippen molar-refractivity contribution < 1.29 is 14.3 Å². The number of carbonyl (C=O) groups is 1. The first-order chi connectivity index (χ1) is 14.1. The molecule has 2 fully saturated rings. The van der Waals surface area contributed by atoms with Gasteiger partial charge < -0.3 is 24.6 Å². The summed E-state index contributed by atoms with van der Waals surface area (Å²) >= 11 is 0. The average Bonchev–Trinajstić information content (AvgIpc) is 3.23. The Morgan fingerprint density at radius 2 is 2.07 bits per heavy atom. The summed E-state index contributed by atoms with van der Waals surface area (Å²) in [7, 11) is 5.27. The van der Waals surface area contributed by atoms with Crippen molar-refractivity contribution in [3.8, 4) is 5.75 Å². The van der Waals surface area contributed by atoms with Crippen LogP contribution in [0.25, 0.3) is 0 Å². The van der Waals surface area contributed by atoms with Gasteiger partial charge in [-0.05, 0) is 24.1 Å². The summed E-state index contributed by atoms with van der Waals surface area (Å²) < 4.78 is 11.1. The van der Waals surface area contributed by atoms with Crippen LogP contribution in [-0.4, -0.2) is 99.8 Å². The number of benzene rings is 1. The molecule has 0 saturated carbocycles. The van der Waals surface area contributed by atoms with E-state index in [4.69, 9.17) is 9.47 Å². The molecule has 3 rings (SSSR count). The molecule has 0 aromatic heterocycles. The molecule has 2 aliphatic rings. The Labute approximate surface area is 196 Å². The molecule has 8 nitrogen and oxygen atoms in total. The van der Waals surface area contributed by atoms with Crippen LogP contribution in [0, 0.1) is 0 Å². The predicted octanol–water partition coefficient (Wildman–Crippen LogP) is 1.25. The lowest BCUT2D eigenvalue weighted by Crippen LogP contribution is -2.46. The van der Waals surface area contributed by atoms with Gasteiger partial charge in [-0.3, -0.25) is 14.7 Å². The van der Waals surface area contributed by atoms with E-state index in [1.54, 1.807) is 14.1 Å². The number of likely N-dealkylation sites (N-methyl/N-ethyl adjacent to an activating group) is 1. The third-order valence-corrected chi connectivity index (χ3v) is 5.45. The number of guanidine groups is 1. The molecule has 1 aromatic rings. The zero-order valence-electron chi connectivity index (χ0n) is 18.2. The van der Waals surface area contributed by atoms with Crippen molar-refractivity contribution in [2.24, 2.45) is 4.99 Å². The van der Waals surface area contributed by atoms with Gasteiger partial charge in [0, 0.05) is 59.9 Å². The largest absolute Gasteiger partial charge is 0.484 e. The highest BCUT2D eigenvalue weighted by Crippen LogP contribution is 2.18. The number of nitrogens with one attached hydrogen (secondary N) is 1. The van der Waals surface area contributed by atoms with Gasteiger partial charge in [-0.15, -0.1) is 24.0 Å². The molecule has 9 heteroatoms. The molecule has 0 aliphatic carbocycles. The van der Waals surface area contributed by atoms with E-state index in [0.717, 1.165) is 57.3 Å². The van der Waals surface area contributed by atoms with E-state index in [1.807, 2.05) is 31.3 Å². The molecule has 1 aromatic carbocycles. The van der Waals surface area contributed by atoms with Crippen molar-refractivity contribution in [3.63, 3.8) is 0 Å². The van der Waals surface area contributed by atoms with Crippen LogP contribution in [-0.2, 0) is 16.1 Å². The van der Waals surface area contributed by atoms with E-state index in [2.05, 4.69) is 20.1 Å². The Bertz CT molecular complexity index is 710. The number of amides is 1. The van der Waals surface area contributed by atoms with E-state index in [0.29, 0.717) is 18.3 Å². The number of ether oxygens (including phenoxy) is 2. The van der Waals surface area contributed by atoms with Gasteiger partial charge in [0.25, 0.3) is 5.91 Å². The highest BCUT2D eigenvalue weighted by Gasteiger charge is 2.30. The first-order valence-electron chi connectivity index (χ1n) is 10.3. The molecule has 0 bridgehead atoms. The standard InChI is InChI=1S/C21H33N5O3.HI/c1-22-21(26-8-7-18(15-26)25-9-11-28-12-10-25)23-14-17-5-4-6-19(13-17)29-16-20(27)24(2)3;/h4-6,13,18H,7-12,14-16H2,1-3H3,(H,22,23);1H. The van der Waals surface area contributed by atoms with Gasteiger partial charge in [0.2, 0.25) is 0 Å². The lowest BCUT2D eigenvalue weighted by molar-refractivity contribution is -0.130. The second-order valence-electron chi connectivity index (χ2n) is 7.66. The monoisotopic (exact) mass is 531 g/mol. The highest BCUT2D eigenvalue weighted by molar-refractivity contribution is 14.0. The van der Waals surface area contributed by atoms with Crippen LogP contribution >= 0.6 is 24.0 Å². The molecule has 0 spiro atoms. The third kappa shape index (κ3) is 6.98. The van der Waals surface area contributed by atoms with Crippen molar-refractivity contribution >= 4 is 35.8 Å². The number of hydrogen-bond acceptors (Lipinski definition) is 5. The smallest absolute Gasteiger partial charge is 0.259 e. The summed E-state index contributed by atoms with van der Waals surface area (Å²) in [6, 6.07) is 8.39. The average molecular weight is 531 g/mol. The molecular formula is C21H34IN5O3. The number of aliphatic imine (C=N–C) groups is 1. The van der Waals surface area contributed by atoms with Crippen molar-refractivity contribution in [1.82, 2.24) is 20.0 Å². The topological polar surface area (TPSA) is 69.6 Å². The third-order valence-electron chi connectivity index (χ3n) is 5.45. The molecular weight excluding hydrogens is 497 g/mol. The number of morpholine rings is 1. The first kappa shape index (κ1) is 24.7. The maximum absolute atomic E-state index is 11.7. The summed E-state index contributed by atoms with van der Waals surface area (Å²) in [5.41, 5.74) is 1.09. The maximum atomic E-state index is 11.7. The summed E-state index contributed by atoms with van der Waals surface area (Å²) in [5.74, 6) is 1.57. The van der Waals surface area contributed by atoms with E-state index >= 15 is 0 Å². The molecule has 30 heavy (non-hydrogen) atoms. The fourth-order valence-electron chi connectivity index (χ4n) is 3.71. The Hall–Kier alpha value is -1.59. The molecule has 2 saturated heterocycles. The van der Waals surface area contributed by atoms with E-state index < -0.39 is 0 Å². The van der Waals surface area contributed by atoms with Crippen LogP contribution in [0.4, 0.5) is 0 Å². The Morgan fingerprint density at radius 3 is 2.77 bits per heavy atom. The number of rotatable bonds is 6. The summed E-state index contributed by atoms with van der Waals surface area (Å²) in [5, 5.41) is 3.46. The number of carbonyl (C=O) groups excluding carboxylic acids is 1. The fourth-order valence-corrected chi connectivity index (χ4v) is 3.71. The minimum absolute atomic E-state index is 0. The lowest BCUT2D eigenvalue weighted by Gasteiger charge is -2.32. The summed E-state index contributed by atoms with van der Waals surface area (Å²) in [6.45, 7) is 6.42. The van der Waals surface area contributed by atoms with Gasteiger partial charge in [-0.1, -0.05) is 12.1 Å². The molecule has 2 aliphatic heterocycles. The summed E-state index contributed by atoms with van der Waals surface area (Å²) in [6.07, 6.45) is 1.16. The fraction of sp³-hybridized carbons (Fsp3) is 0.619. The first-order valence-corrected chi connectivity index (χ1v) is 10.3. The van der Waals surface area contributed by atoms with Gasteiger partial charge in [0.15, 0.2) is 12.6 Å². The molecule has 2 heterocycles. The Morgan fingerprint density at radius 1 is 1.30 bits per heavy atom. The van der Waals surface area contributed by atoms with Crippen LogP contribution in [0.2, 0.25) is 0 Å². The zero-order chi connectivity index (χ0) is 20.6. The molecule has 1 N–H and O–H groups in total. The van der Waals surface area contributed by atoms with Crippen LogP contribution < -0.4 is 10.1 Å². The van der Waals surface area contributed by atoms with Crippen LogP contribution in [0.3, 0.4) is 0 Å². The van der Waals surface area contributed by atoms with E-state index in [1.165, 1.54) is 4.90 Å². The second kappa shape index (κ2) is 12.3. The number of halogens is 1. The summed E-state index contributed by atoms with van der Waals surface area (Å²) in [4.78, 5) is 22.6. The Balaban J connectivity index is 0.00000320. The molecule has 168 valence electrons. The minimum atomic E-state index is -0.0576. The van der Waals surface area contributed by atoms with E-state index in [-0.39, 0.29) is 36.5 Å². The van der Waals surface area contributed by atoms with Crippen molar-refractivity contribution in [3.05, 3.63) is 29.8 Å². The number of likely N-dealkylation sites (tertiary alicyclic amines) is 1. The van der Waals surface area contributed by atoms with Crippen molar-refractivity contribution in [1.29, 1.82) is 0 Å². The van der Waals surface area contributed by atoms with Gasteiger partial charge in [0.1, 0.15) is 5.75 Å². The molecule has 1 unspecified atom stereocenters. The number of nitrogens with zero attached hydrogens (tertiary/aromatic N) is 4. The maximum Gasteiger partial charge on any atom is 0.259 e. The van der Waals surface area contributed by atoms with Crippen LogP contribution in [0.15, 0.2) is 29.3 Å². The number of hydrogen-bond donors (Lipinski definition) is 1. The lowest BCUT2D eigenvalue weighted by atomic mass is 10.2. The van der Waals surface area contributed by atoms with Crippen molar-refractivity contribution in [2.45, 2.75) is 19.0 Å². The SMILES string of the molecule is CN=C(NCc1cccc(OCC(=O)N(C)C)c1)N1CCC(N2CCOCC2)C1.I. The molecule has 1 amide bonds.